The van der Waals surface area contributed by atoms with Crippen LogP contribution >= 0.6 is 23.1 Å². The number of anilines is 1. The lowest BCUT2D eigenvalue weighted by molar-refractivity contribution is -0.384. The molecule has 24 heavy (non-hydrogen) atoms. The van der Waals surface area contributed by atoms with E-state index in [9.17, 15) is 14.9 Å². The molecular formula is C16H13N3O3S2. The quantitative estimate of drug-likeness (QED) is 0.418. The number of aromatic nitrogens is 1. The molecule has 1 aromatic heterocycles. The zero-order valence-electron chi connectivity index (χ0n) is 12.7. The smallest absolute Gasteiger partial charge is 0.270 e. The molecule has 0 spiro atoms. The standard InChI is InChI=1S/C16H13N3O3S2/c1-10-2-4-11(5-3-10)17-15(20)9-23-16-18-13-7-6-12(19(21)22)8-14(13)24-16/h2-8H,9H2,1H3,(H,17,20). The highest BCUT2D eigenvalue weighted by Gasteiger charge is 2.12. The molecule has 0 atom stereocenters. The van der Waals surface area contributed by atoms with Crippen LogP contribution in [0.15, 0.2) is 46.8 Å². The Morgan fingerprint density at radius 2 is 2.04 bits per heavy atom. The molecule has 3 aromatic rings. The summed E-state index contributed by atoms with van der Waals surface area (Å²) in [7, 11) is 0. The number of fused-ring (bicyclic) bond motifs is 1. The van der Waals surface area contributed by atoms with Crippen LogP contribution in [0, 0.1) is 17.0 Å². The van der Waals surface area contributed by atoms with E-state index in [1.807, 2.05) is 31.2 Å². The van der Waals surface area contributed by atoms with Crippen LogP contribution in [0.1, 0.15) is 5.56 Å². The van der Waals surface area contributed by atoms with Crippen LogP contribution < -0.4 is 5.32 Å². The minimum absolute atomic E-state index is 0.0415. The van der Waals surface area contributed by atoms with E-state index in [2.05, 4.69) is 10.3 Å². The third-order valence-corrected chi connectivity index (χ3v) is 5.39. The van der Waals surface area contributed by atoms with Crippen molar-refractivity contribution in [3.05, 3.63) is 58.1 Å². The maximum absolute atomic E-state index is 12.0. The molecule has 0 aliphatic carbocycles. The number of nitro groups is 1. The average molecular weight is 359 g/mol. The summed E-state index contributed by atoms with van der Waals surface area (Å²) >= 11 is 2.66. The molecule has 0 aliphatic heterocycles. The molecule has 0 unspecified atom stereocenters. The van der Waals surface area contributed by atoms with Gasteiger partial charge in [0.25, 0.3) is 5.69 Å². The fraction of sp³-hybridized carbons (Fsp3) is 0.125. The minimum Gasteiger partial charge on any atom is -0.325 e. The van der Waals surface area contributed by atoms with Crippen molar-refractivity contribution in [3.8, 4) is 0 Å². The van der Waals surface area contributed by atoms with Gasteiger partial charge in [-0.3, -0.25) is 14.9 Å². The van der Waals surface area contributed by atoms with Gasteiger partial charge in [0, 0.05) is 17.8 Å². The summed E-state index contributed by atoms with van der Waals surface area (Å²) in [6.07, 6.45) is 0. The molecule has 122 valence electrons. The maximum atomic E-state index is 12.0. The van der Waals surface area contributed by atoms with Crippen molar-refractivity contribution < 1.29 is 9.72 Å². The van der Waals surface area contributed by atoms with Gasteiger partial charge in [0.2, 0.25) is 5.91 Å². The van der Waals surface area contributed by atoms with Gasteiger partial charge >= 0.3 is 0 Å². The van der Waals surface area contributed by atoms with E-state index in [0.717, 1.165) is 16.0 Å². The van der Waals surface area contributed by atoms with Gasteiger partial charge < -0.3 is 5.32 Å². The summed E-state index contributed by atoms with van der Waals surface area (Å²) in [5.41, 5.74) is 2.63. The average Bonchev–Trinajstić information content (AvgIpc) is 2.97. The number of hydrogen-bond donors (Lipinski definition) is 1. The number of thiazole rings is 1. The van der Waals surface area contributed by atoms with E-state index in [1.54, 1.807) is 6.07 Å². The molecule has 0 bridgehead atoms. The van der Waals surface area contributed by atoms with Gasteiger partial charge in [0.15, 0.2) is 4.34 Å². The lowest BCUT2D eigenvalue weighted by Crippen LogP contribution is -2.13. The van der Waals surface area contributed by atoms with Gasteiger partial charge in [-0.25, -0.2) is 4.98 Å². The first kappa shape index (κ1) is 16.4. The second-order valence-electron chi connectivity index (χ2n) is 5.09. The lowest BCUT2D eigenvalue weighted by Gasteiger charge is -2.04. The Labute approximate surface area is 146 Å². The molecule has 0 fully saturated rings. The van der Waals surface area contributed by atoms with Crippen LogP contribution in [-0.2, 0) is 4.79 Å². The van der Waals surface area contributed by atoms with E-state index >= 15 is 0 Å². The number of thioether (sulfide) groups is 1. The number of hydrogen-bond acceptors (Lipinski definition) is 6. The largest absolute Gasteiger partial charge is 0.325 e. The first-order valence-electron chi connectivity index (χ1n) is 7.05. The summed E-state index contributed by atoms with van der Waals surface area (Å²) in [6.45, 7) is 1.99. The molecule has 6 nitrogen and oxygen atoms in total. The molecule has 2 aromatic carbocycles. The summed E-state index contributed by atoms with van der Waals surface area (Å²) < 4.78 is 1.45. The van der Waals surface area contributed by atoms with Crippen LogP contribution in [0.3, 0.4) is 0 Å². The number of carbonyl (C=O) groups is 1. The highest BCUT2D eigenvalue weighted by atomic mass is 32.2. The molecule has 3 rings (SSSR count). The summed E-state index contributed by atoms with van der Waals surface area (Å²) in [5, 5.41) is 13.6. The highest BCUT2D eigenvalue weighted by molar-refractivity contribution is 8.01. The van der Waals surface area contributed by atoms with Gasteiger partial charge in [-0.05, 0) is 25.1 Å². The number of carbonyl (C=O) groups excluding carboxylic acids is 1. The number of amides is 1. The lowest BCUT2D eigenvalue weighted by atomic mass is 10.2. The van der Waals surface area contributed by atoms with Gasteiger partial charge in [-0.15, -0.1) is 11.3 Å². The van der Waals surface area contributed by atoms with Gasteiger partial charge in [0.05, 0.1) is 20.9 Å². The molecule has 0 saturated carbocycles. The minimum atomic E-state index is -0.430. The number of benzene rings is 2. The van der Waals surface area contributed by atoms with E-state index < -0.39 is 4.92 Å². The normalized spacial score (nSPS) is 10.7. The van der Waals surface area contributed by atoms with Gasteiger partial charge in [-0.1, -0.05) is 29.5 Å². The number of aryl methyl sites for hydroxylation is 1. The van der Waals surface area contributed by atoms with E-state index in [0.29, 0.717) is 9.86 Å². The van der Waals surface area contributed by atoms with Gasteiger partial charge in [0.1, 0.15) is 0 Å². The third kappa shape index (κ3) is 3.90. The van der Waals surface area contributed by atoms with Crippen molar-refractivity contribution in [2.24, 2.45) is 0 Å². The molecule has 1 amide bonds. The van der Waals surface area contributed by atoms with Gasteiger partial charge in [-0.2, -0.15) is 0 Å². The second kappa shape index (κ2) is 6.98. The Balaban J connectivity index is 1.63. The Morgan fingerprint density at radius 1 is 1.29 bits per heavy atom. The third-order valence-electron chi connectivity index (χ3n) is 3.23. The Bertz CT molecular complexity index is 907. The summed E-state index contributed by atoms with van der Waals surface area (Å²) in [4.78, 5) is 26.7. The number of rotatable bonds is 5. The monoisotopic (exact) mass is 359 g/mol. The van der Waals surface area contributed by atoms with Crippen LogP contribution in [0.5, 0.6) is 0 Å². The van der Waals surface area contributed by atoms with Crippen molar-refractivity contribution in [2.45, 2.75) is 11.3 Å². The molecule has 0 radical (unpaired) electrons. The Hall–Kier alpha value is -2.45. The fourth-order valence-electron chi connectivity index (χ4n) is 2.03. The van der Waals surface area contributed by atoms with Crippen LogP contribution in [0.2, 0.25) is 0 Å². The molecule has 1 N–H and O–H groups in total. The number of nitrogens with one attached hydrogen (secondary N) is 1. The van der Waals surface area contributed by atoms with E-state index in [4.69, 9.17) is 0 Å². The Kier molecular flexibility index (Phi) is 4.77. The highest BCUT2D eigenvalue weighted by Crippen LogP contribution is 2.31. The summed E-state index contributed by atoms with van der Waals surface area (Å²) in [6, 6.07) is 12.1. The van der Waals surface area contributed by atoms with Crippen LogP contribution in [0.25, 0.3) is 10.2 Å². The second-order valence-corrected chi connectivity index (χ2v) is 7.34. The van der Waals surface area contributed by atoms with E-state index in [-0.39, 0.29) is 17.3 Å². The Morgan fingerprint density at radius 3 is 2.75 bits per heavy atom. The van der Waals surface area contributed by atoms with Crippen LogP contribution in [0.4, 0.5) is 11.4 Å². The number of non-ortho nitro benzene ring substituents is 1. The zero-order valence-corrected chi connectivity index (χ0v) is 14.3. The molecule has 1 heterocycles. The molecule has 8 heteroatoms. The topological polar surface area (TPSA) is 85.1 Å². The first-order chi connectivity index (χ1) is 11.5. The van der Waals surface area contributed by atoms with Crippen molar-refractivity contribution >= 4 is 50.6 Å². The van der Waals surface area contributed by atoms with Crippen molar-refractivity contribution in [1.82, 2.24) is 4.98 Å². The predicted molar refractivity (Wildman–Crippen MR) is 96.8 cm³/mol. The first-order valence-corrected chi connectivity index (χ1v) is 8.86. The predicted octanol–water partition coefficient (Wildman–Crippen LogP) is 4.24. The van der Waals surface area contributed by atoms with Crippen LogP contribution in [-0.4, -0.2) is 21.6 Å². The van der Waals surface area contributed by atoms with Crippen molar-refractivity contribution in [2.75, 3.05) is 11.1 Å². The number of nitro benzene ring substituents is 1. The SMILES string of the molecule is Cc1ccc(NC(=O)CSc2nc3ccc([N+](=O)[O-])cc3s2)cc1. The summed E-state index contributed by atoms with van der Waals surface area (Å²) in [5.74, 6) is 0.115. The molecular weight excluding hydrogens is 346 g/mol. The molecule has 0 saturated heterocycles. The maximum Gasteiger partial charge on any atom is 0.270 e. The van der Waals surface area contributed by atoms with Crippen molar-refractivity contribution in [3.63, 3.8) is 0 Å². The van der Waals surface area contributed by atoms with E-state index in [1.165, 1.54) is 35.2 Å². The fourth-order valence-corrected chi connectivity index (χ4v) is 3.93. The van der Waals surface area contributed by atoms with Crippen molar-refractivity contribution in [1.29, 1.82) is 0 Å². The molecule has 0 aliphatic rings. The zero-order chi connectivity index (χ0) is 17.1. The number of nitrogens with zero attached hydrogens (tertiary/aromatic N) is 2.